The highest BCUT2D eigenvalue weighted by molar-refractivity contribution is 7.89. The van der Waals surface area contributed by atoms with Gasteiger partial charge in [-0.25, -0.2) is 17.5 Å². The van der Waals surface area contributed by atoms with Gasteiger partial charge < -0.3 is 4.74 Å². The fourth-order valence-corrected chi connectivity index (χ4v) is 3.52. The van der Waals surface area contributed by atoms with Crippen LogP contribution < -0.4 is 0 Å². The smallest absolute Gasteiger partial charge is 0.340 e. The Morgan fingerprint density at radius 3 is 2.54 bits per heavy atom. The number of carbonyl (C=O) groups is 2. The molecule has 2 aromatic rings. The Labute approximate surface area is 148 Å². The van der Waals surface area contributed by atoms with Gasteiger partial charge in [-0.1, -0.05) is 17.7 Å². The van der Waals surface area contributed by atoms with E-state index in [9.17, 15) is 18.0 Å². The molecule has 0 atom stereocenters. The van der Waals surface area contributed by atoms with Crippen LogP contribution in [-0.4, -0.2) is 45.2 Å². The number of sulfonamides is 1. The van der Waals surface area contributed by atoms with Crippen molar-refractivity contribution in [2.24, 2.45) is 0 Å². The Bertz CT molecular complexity index is 860. The number of carbonyl (C=O) groups excluding carboxylic acids is 2. The predicted molar refractivity (Wildman–Crippen MR) is 91.3 cm³/mol. The summed E-state index contributed by atoms with van der Waals surface area (Å²) in [5.41, 5.74) is -0.112. The first kappa shape index (κ1) is 18.6. The maximum absolute atomic E-state index is 12.1. The SMILES string of the molecule is CN(C)S(=O)(=O)c1ccc(Cl)c(C(=O)OCC(=O)c2cccs2)c1. The molecule has 1 heterocycles. The summed E-state index contributed by atoms with van der Waals surface area (Å²) in [5.74, 6) is -1.20. The number of thiophene rings is 1. The molecule has 0 N–H and O–H groups in total. The Kier molecular flexibility index (Phi) is 5.76. The van der Waals surface area contributed by atoms with Crippen molar-refractivity contribution in [2.75, 3.05) is 20.7 Å². The van der Waals surface area contributed by atoms with E-state index in [2.05, 4.69) is 0 Å². The van der Waals surface area contributed by atoms with E-state index in [1.807, 2.05) is 0 Å². The molecule has 0 fully saturated rings. The first-order valence-corrected chi connectivity index (χ1v) is 9.39. The highest BCUT2D eigenvalue weighted by atomic mass is 35.5. The average Bonchev–Trinajstić information content (AvgIpc) is 3.06. The highest BCUT2D eigenvalue weighted by Crippen LogP contribution is 2.23. The van der Waals surface area contributed by atoms with Crippen LogP contribution in [0.1, 0.15) is 20.0 Å². The summed E-state index contributed by atoms with van der Waals surface area (Å²) in [4.78, 5) is 24.3. The molecular formula is C15H14ClNO5S2. The third-order valence-electron chi connectivity index (χ3n) is 3.07. The summed E-state index contributed by atoms with van der Waals surface area (Å²) >= 11 is 7.18. The standard InChI is InChI=1S/C15H14ClNO5S2/c1-17(2)24(20,21)10-5-6-12(16)11(8-10)15(19)22-9-13(18)14-4-3-7-23-14/h3-8H,9H2,1-2H3. The van der Waals surface area contributed by atoms with Crippen molar-refractivity contribution in [3.8, 4) is 0 Å². The zero-order valence-corrected chi connectivity index (χ0v) is 15.2. The van der Waals surface area contributed by atoms with Crippen molar-refractivity contribution in [1.29, 1.82) is 0 Å². The second-order valence-electron chi connectivity index (χ2n) is 4.91. The van der Waals surface area contributed by atoms with Crippen molar-refractivity contribution >= 4 is 44.7 Å². The fourth-order valence-electron chi connectivity index (χ4n) is 1.75. The second kappa shape index (κ2) is 7.43. The van der Waals surface area contributed by atoms with E-state index in [0.29, 0.717) is 4.88 Å². The largest absolute Gasteiger partial charge is 0.454 e. The lowest BCUT2D eigenvalue weighted by atomic mass is 10.2. The van der Waals surface area contributed by atoms with Gasteiger partial charge in [0, 0.05) is 14.1 Å². The molecule has 0 amide bonds. The molecule has 0 aliphatic carbocycles. The van der Waals surface area contributed by atoms with Crippen LogP contribution in [0.25, 0.3) is 0 Å². The molecule has 2 rings (SSSR count). The Morgan fingerprint density at radius 2 is 1.96 bits per heavy atom. The number of esters is 1. The third kappa shape index (κ3) is 4.02. The van der Waals surface area contributed by atoms with Gasteiger partial charge in [0.1, 0.15) is 0 Å². The molecule has 0 bridgehead atoms. The van der Waals surface area contributed by atoms with Crippen LogP contribution in [0.15, 0.2) is 40.6 Å². The van der Waals surface area contributed by atoms with Gasteiger partial charge in [-0.2, -0.15) is 0 Å². The number of hydrogen-bond acceptors (Lipinski definition) is 6. The Morgan fingerprint density at radius 1 is 1.25 bits per heavy atom. The van der Waals surface area contributed by atoms with E-state index < -0.39 is 22.6 Å². The first-order valence-electron chi connectivity index (χ1n) is 6.69. The van der Waals surface area contributed by atoms with Gasteiger partial charge >= 0.3 is 5.97 Å². The monoisotopic (exact) mass is 387 g/mol. The van der Waals surface area contributed by atoms with Crippen LogP contribution >= 0.6 is 22.9 Å². The zero-order valence-electron chi connectivity index (χ0n) is 12.9. The van der Waals surface area contributed by atoms with Crippen LogP contribution in [0, 0.1) is 0 Å². The van der Waals surface area contributed by atoms with Crippen LogP contribution in [-0.2, 0) is 14.8 Å². The summed E-state index contributed by atoms with van der Waals surface area (Å²) < 4.78 is 30.2. The molecule has 1 aromatic heterocycles. The molecule has 1 aromatic carbocycles. The van der Waals surface area contributed by atoms with Crippen molar-refractivity contribution in [3.63, 3.8) is 0 Å². The maximum Gasteiger partial charge on any atom is 0.340 e. The molecule has 128 valence electrons. The molecule has 9 heteroatoms. The number of benzene rings is 1. The molecule has 0 saturated heterocycles. The van der Waals surface area contributed by atoms with E-state index in [-0.39, 0.29) is 21.3 Å². The average molecular weight is 388 g/mol. The van der Waals surface area contributed by atoms with E-state index >= 15 is 0 Å². The minimum absolute atomic E-state index is 0.0429. The van der Waals surface area contributed by atoms with Crippen LogP contribution in [0.2, 0.25) is 5.02 Å². The lowest BCUT2D eigenvalue weighted by Crippen LogP contribution is -2.22. The molecule has 0 saturated carbocycles. The van der Waals surface area contributed by atoms with Crippen molar-refractivity contribution in [2.45, 2.75) is 4.90 Å². The predicted octanol–water partition coefficient (Wildman–Crippen LogP) is 2.69. The van der Waals surface area contributed by atoms with Gasteiger partial charge in [0.05, 0.1) is 20.4 Å². The summed E-state index contributed by atoms with van der Waals surface area (Å²) in [6.45, 7) is -0.444. The van der Waals surface area contributed by atoms with E-state index in [4.69, 9.17) is 16.3 Å². The van der Waals surface area contributed by atoms with Crippen LogP contribution in [0.5, 0.6) is 0 Å². The number of Topliss-reactive ketones (excluding diaryl/α,β-unsaturated/α-hetero) is 1. The fraction of sp³-hybridized carbons (Fsp3) is 0.200. The normalized spacial score (nSPS) is 11.5. The third-order valence-corrected chi connectivity index (χ3v) is 6.12. The summed E-state index contributed by atoms with van der Waals surface area (Å²) in [6.07, 6.45) is 0. The minimum Gasteiger partial charge on any atom is -0.454 e. The summed E-state index contributed by atoms with van der Waals surface area (Å²) in [6, 6.07) is 7.07. The second-order valence-corrected chi connectivity index (χ2v) is 8.41. The molecule has 6 nitrogen and oxygen atoms in total. The Balaban J connectivity index is 2.19. The molecular weight excluding hydrogens is 374 g/mol. The topological polar surface area (TPSA) is 80.8 Å². The van der Waals surface area contributed by atoms with Crippen LogP contribution in [0.4, 0.5) is 0 Å². The number of ketones is 1. The molecule has 0 aliphatic rings. The molecule has 0 spiro atoms. The van der Waals surface area contributed by atoms with Crippen molar-refractivity contribution in [3.05, 3.63) is 51.2 Å². The van der Waals surface area contributed by atoms with Gasteiger partial charge in [0.25, 0.3) is 0 Å². The lowest BCUT2D eigenvalue weighted by molar-refractivity contribution is 0.0475. The Hall–Kier alpha value is -1.74. The summed E-state index contributed by atoms with van der Waals surface area (Å²) in [5, 5.41) is 1.78. The van der Waals surface area contributed by atoms with Crippen LogP contribution in [0.3, 0.4) is 0 Å². The molecule has 24 heavy (non-hydrogen) atoms. The first-order chi connectivity index (χ1) is 11.2. The van der Waals surface area contributed by atoms with Crippen molar-refractivity contribution < 1.29 is 22.7 Å². The summed E-state index contributed by atoms with van der Waals surface area (Å²) in [7, 11) is -0.962. The molecule has 0 aliphatic heterocycles. The minimum atomic E-state index is -3.71. The van der Waals surface area contributed by atoms with E-state index in [1.165, 1.54) is 37.6 Å². The zero-order chi connectivity index (χ0) is 17.9. The van der Waals surface area contributed by atoms with Gasteiger partial charge in [0.2, 0.25) is 15.8 Å². The van der Waals surface area contributed by atoms with Gasteiger partial charge in [-0.05, 0) is 29.6 Å². The molecule has 0 unspecified atom stereocenters. The number of nitrogens with zero attached hydrogens (tertiary/aromatic N) is 1. The van der Waals surface area contributed by atoms with E-state index in [0.717, 1.165) is 10.4 Å². The van der Waals surface area contributed by atoms with Gasteiger partial charge in [-0.3, -0.25) is 4.79 Å². The van der Waals surface area contributed by atoms with Gasteiger partial charge in [0.15, 0.2) is 6.61 Å². The number of halogens is 1. The van der Waals surface area contributed by atoms with Gasteiger partial charge in [-0.15, -0.1) is 11.3 Å². The molecule has 0 radical (unpaired) electrons. The number of rotatable bonds is 6. The maximum atomic E-state index is 12.1. The quantitative estimate of drug-likeness (QED) is 0.562. The number of ether oxygens (including phenoxy) is 1. The lowest BCUT2D eigenvalue weighted by Gasteiger charge is -2.13. The van der Waals surface area contributed by atoms with E-state index in [1.54, 1.807) is 17.5 Å². The highest BCUT2D eigenvalue weighted by Gasteiger charge is 2.22. The van der Waals surface area contributed by atoms with Crippen molar-refractivity contribution in [1.82, 2.24) is 4.31 Å². The number of hydrogen-bond donors (Lipinski definition) is 0.